The van der Waals surface area contributed by atoms with E-state index in [9.17, 15) is 4.79 Å². The van der Waals surface area contributed by atoms with Crippen LogP contribution in [-0.2, 0) is 4.79 Å². The van der Waals surface area contributed by atoms with Gasteiger partial charge in [-0.2, -0.15) is 0 Å². The van der Waals surface area contributed by atoms with Crippen molar-refractivity contribution < 1.29 is 4.79 Å². The maximum atomic E-state index is 11.5. The molecule has 0 aliphatic carbocycles. The molecule has 0 radical (unpaired) electrons. The molecule has 2 rings (SSSR count). The zero-order valence-corrected chi connectivity index (χ0v) is 10.1. The molecule has 0 aromatic heterocycles. The van der Waals surface area contributed by atoms with Crippen LogP contribution in [0.3, 0.4) is 0 Å². The fraction of sp³-hybridized carbons (Fsp3) is 0.364. The summed E-state index contributed by atoms with van der Waals surface area (Å²) in [6, 6.07) is 5.97. The van der Waals surface area contributed by atoms with E-state index in [1.807, 2.05) is 30.0 Å². The molecule has 1 aliphatic rings. The average Bonchev–Trinajstić information content (AvgIpc) is 2.65. The standard InChI is InChI=1S/C11H12ClNOS/c1-8-4-5-9(7-10(8)15-12)13-6-2-3-11(13)14/h4-5,7H,2-3,6H2,1H3. The summed E-state index contributed by atoms with van der Waals surface area (Å²) in [5, 5.41) is 0. The lowest BCUT2D eigenvalue weighted by Gasteiger charge is -2.16. The van der Waals surface area contributed by atoms with E-state index in [0.29, 0.717) is 6.42 Å². The Morgan fingerprint density at radius 1 is 1.47 bits per heavy atom. The highest BCUT2D eigenvalue weighted by atomic mass is 35.7. The first kappa shape index (κ1) is 10.8. The molecule has 0 saturated carbocycles. The molecule has 0 bridgehead atoms. The number of nitrogens with zero attached hydrogens (tertiary/aromatic N) is 1. The van der Waals surface area contributed by atoms with Gasteiger partial charge in [0.15, 0.2) is 0 Å². The highest BCUT2D eigenvalue weighted by Crippen LogP contribution is 2.31. The molecule has 1 fully saturated rings. The Labute approximate surface area is 98.1 Å². The second-order valence-electron chi connectivity index (χ2n) is 3.68. The Morgan fingerprint density at radius 3 is 2.87 bits per heavy atom. The van der Waals surface area contributed by atoms with Crippen molar-refractivity contribution in [3.05, 3.63) is 23.8 Å². The Balaban J connectivity index is 2.32. The number of anilines is 1. The van der Waals surface area contributed by atoms with Gasteiger partial charge in [-0.05, 0) is 52.7 Å². The molecular formula is C11H12ClNOS. The largest absolute Gasteiger partial charge is 0.312 e. The minimum Gasteiger partial charge on any atom is -0.312 e. The van der Waals surface area contributed by atoms with Crippen LogP contribution in [0.1, 0.15) is 18.4 Å². The molecular weight excluding hydrogens is 230 g/mol. The van der Waals surface area contributed by atoms with Gasteiger partial charge in [-0.3, -0.25) is 4.79 Å². The third-order valence-corrected chi connectivity index (χ3v) is 3.74. The normalized spacial score (nSPS) is 16.1. The van der Waals surface area contributed by atoms with Crippen molar-refractivity contribution in [2.45, 2.75) is 24.7 Å². The van der Waals surface area contributed by atoms with Crippen molar-refractivity contribution in [3.8, 4) is 0 Å². The summed E-state index contributed by atoms with van der Waals surface area (Å²) >= 11 is 0. The topological polar surface area (TPSA) is 20.3 Å². The van der Waals surface area contributed by atoms with Crippen LogP contribution in [0.5, 0.6) is 0 Å². The molecule has 1 aromatic carbocycles. The van der Waals surface area contributed by atoms with Gasteiger partial charge in [0.1, 0.15) is 0 Å². The summed E-state index contributed by atoms with van der Waals surface area (Å²) in [6.45, 7) is 2.84. The van der Waals surface area contributed by atoms with E-state index in [1.54, 1.807) is 0 Å². The van der Waals surface area contributed by atoms with Crippen molar-refractivity contribution in [2.75, 3.05) is 11.4 Å². The maximum Gasteiger partial charge on any atom is 0.227 e. The van der Waals surface area contributed by atoms with E-state index < -0.39 is 0 Å². The van der Waals surface area contributed by atoms with E-state index >= 15 is 0 Å². The van der Waals surface area contributed by atoms with E-state index in [2.05, 4.69) is 0 Å². The highest BCUT2D eigenvalue weighted by molar-refractivity contribution is 8.21. The minimum atomic E-state index is 0.212. The molecule has 2 nitrogen and oxygen atoms in total. The molecule has 4 heteroatoms. The lowest BCUT2D eigenvalue weighted by Crippen LogP contribution is -2.23. The van der Waals surface area contributed by atoms with E-state index in [1.165, 1.54) is 11.0 Å². The molecule has 1 saturated heterocycles. The van der Waals surface area contributed by atoms with Gasteiger partial charge in [0, 0.05) is 23.5 Å². The summed E-state index contributed by atoms with van der Waals surface area (Å²) in [6.07, 6.45) is 1.62. The predicted molar refractivity (Wildman–Crippen MR) is 64.5 cm³/mol. The number of hydrogen-bond acceptors (Lipinski definition) is 2. The Bertz CT molecular complexity index is 394. The zero-order chi connectivity index (χ0) is 10.8. The van der Waals surface area contributed by atoms with Gasteiger partial charge in [0.25, 0.3) is 0 Å². The average molecular weight is 242 g/mol. The van der Waals surface area contributed by atoms with Gasteiger partial charge >= 0.3 is 0 Å². The molecule has 15 heavy (non-hydrogen) atoms. The van der Waals surface area contributed by atoms with E-state index in [4.69, 9.17) is 10.7 Å². The second kappa shape index (κ2) is 4.45. The lowest BCUT2D eigenvalue weighted by molar-refractivity contribution is -0.117. The van der Waals surface area contributed by atoms with Crippen molar-refractivity contribution in [3.63, 3.8) is 0 Å². The molecule has 1 heterocycles. The Morgan fingerprint density at radius 2 is 2.27 bits per heavy atom. The van der Waals surface area contributed by atoms with E-state index in [0.717, 1.165) is 29.1 Å². The number of rotatable bonds is 2. The van der Waals surface area contributed by atoms with Gasteiger partial charge in [0.05, 0.1) is 0 Å². The summed E-state index contributed by atoms with van der Waals surface area (Å²) in [5.41, 5.74) is 2.11. The van der Waals surface area contributed by atoms with Crippen LogP contribution in [0.15, 0.2) is 23.1 Å². The highest BCUT2D eigenvalue weighted by Gasteiger charge is 2.21. The molecule has 0 unspecified atom stereocenters. The van der Waals surface area contributed by atoms with Crippen molar-refractivity contribution in [1.29, 1.82) is 0 Å². The van der Waals surface area contributed by atoms with Crippen LogP contribution in [0.25, 0.3) is 0 Å². The van der Waals surface area contributed by atoms with Crippen LogP contribution in [-0.4, -0.2) is 12.5 Å². The zero-order valence-electron chi connectivity index (χ0n) is 8.50. The summed E-state index contributed by atoms with van der Waals surface area (Å²) < 4.78 is 0. The smallest absolute Gasteiger partial charge is 0.227 e. The van der Waals surface area contributed by atoms with Gasteiger partial charge in [0.2, 0.25) is 5.91 Å². The predicted octanol–water partition coefficient (Wildman–Crippen LogP) is 3.37. The first-order valence-electron chi connectivity index (χ1n) is 4.92. The first-order valence-corrected chi connectivity index (χ1v) is 6.56. The maximum absolute atomic E-state index is 11.5. The molecule has 0 atom stereocenters. The molecule has 1 aliphatic heterocycles. The van der Waals surface area contributed by atoms with Crippen LogP contribution >= 0.6 is 21.7 Å². The minimum absolute atomic E-state index is 0.212. The van der Waals surface area contributed by atoms with Crippen LogP contribution in [0, 0.1) is 6.92 Å². The van der Waals surface area contributed by atoms with Crippen molar-refractivity contribution in [1.82, 2.24) is 0 Å². The van der Waals surface area contributed by atoms with Gasteiger partial charge < -0.3 is 4.90 Å². The summed E-state index contributed by atoms with van der Waals surface area (Å²) in [7, 11) is 6.96. The quantitative estimate of drug-likeness (QED) is 0.791. The number of benzene rings is 1. The number of halogens is 1. The second-order valence-corrected chi connectivity index (χ2v) is 4.73. The first-order chi connectivity index (χ1) is 7.22. The molecule has 0 spiro atoms. The fourth-order valence-corrected chi connectivity index (χ4v) is 2.61. The number of amides is 1. The summed E-state index contributed by atoms with van der Waals surface area (Å²) in [4.78, 5) is 14.4. The molecule has 1 amide bonds. The SMILES string of the molecule is Cc1ccc(N2CCCC2=O)cc1SCl. The third kappa shape index (κ3) is 2.13. The Kier molecular flexibility index (Phi) is 3.22. The van der Waals surface area contributed by atoms with E-state index in [-0.39, 0.29) is 5.91 Å². The fourth-order valence-electron chi connectivity index (χ4n) is 1.76. The molecule has 80 valence electrons. The van der Waals surface area contributed by atoms with Gasteiger partial charge in [-0.15, -0.1) is 0 Å². The van der Waals surface area contributed by atoms with Gasteiger partial charge in [-0.25, -0.2) is 0 Å². The number of hydrogen-bond donors (Lipinski definition) is 0. The lowest BCUT2D eigenvalue weighted by atomic mass is 10.2. The monoisotopic (exact) mass is 241 g/mol. The van der Waals surface area contributed by atoms with Gasteiger partial charge in [-0.1, -0.05) is 6.07 Å². The molecule has 0 N–H and O–H groups in total. The number of carbonyl (C=O) groups excluding carboxylic acids is 1. The van der Waals surface area contributed by atoms with Crippen LogP contribution in [0.4, 0.5) is 5.69 Å². The van der Waals surface area contributed by atoms with Crippen LogP contribution < -0.4 is 4.90 Å². The summed E-state index contributed by atoms with van der Waals surface area (Å²) in [5.74, 6) is 0.212. The third-order valence-electron chi connectivity index (χ3n) is 2.64. The van der Waals surface area contributed by atoms with Crippen molar-refractivity contribution >= 4 is 33.3 Å². The van der Waals surface area contributed by atoms with Crippen molar-refractivity contribution in [2.24, 2.45) is 0 Å². The van der Waals surface area contributed by atoms with Crippen LogP contribution in [0.2, 0.25) is 0 Å². The molecule has 1 aromatic rings. The number of carbonyl (C=O) groups is 1. The Hall–Kier alpha value is -0.670. The number of aryl methyl sites for hydroxylation is 1.